The summed E-state index contributed by atoms with van der Waals surface area (Å²) in [6.45, 7) is 0.421. The Labute approximate surface area is 199 Å². The van der Waals surface area contributed by atoms with Gasteiger partial charge in [0.05, 0.1) is 29.3 Å². The highest BCUT2D eigenvalue weighted by molar-refractivity contribution is 8.26. The fourth-order valence-corrected chi connectivity index (χ4v) is 5.06. The van der Waals surface area contributed by atoms with Crippen LogP contribution in [0.25, 0.3) is 5.57 Å². The minimum Gasteiger partial charge on any atom is -0.383 e. The van der Waals surface area contributed by atoms with Crippen LogP contribution in [0.5, 0.6) is 0 Å². The lowest BCUT2D eigenvalue weighted by Crippen LogP contribution is -2.35. The minimum atomic E-state index is -0.417. The van der Waals surface area contributed by atoms with Crippen molar-refractivity contribution in [2.75, 3.05) is 37.0 Å². The maximum Gasteiger partial charge on any atom is 0.267 e. The van der Waals surface area contributed by atoms with Crippen LogP contribution in [0.15, 0.2) is 53.4 Å². The summed E-state index contributed by atoms with van der Waals surface area (Å²) in [5.74, 6) is -1.13. The first kappa shape index (κ1) is 22.5. The number of anilines is 2. The zero-order valence-corrected chi connectivity index (χ0v) is 19.4. The van der Waals surface area contributed by atoms with E-state index in [2.05, 4.69) is 5.32 Å². The van der Waals surface area contributed by atoms with Crippen molar-refractivity contribution in [1.29, 1.82) is 0 Å². The predicted molar refractivity (Wildman–Crippen MR) is 130 cm³/mol. The average Bonchev–Trinajstić information content (AvgIpc) is 3.19. The molecule has 0 unspecified atom stereocenters. The van der Waals surface area contributed by atoms with E-state index in [0.717, 1.165) is 11.8 Å². The molecular weight excluding hydrogens is 470 g/mol. The van der Waals surface area contributed by atoms with Crippen molar-refractivity contribution in [1.82, 2.24) is 4.90 Å². The number of carbonyl (C=O) groups is 3. The zero-order chi connectivity index (χ0) is 22.8. The third kappa shape index (κ3) is 4.29. The van der Waals surface area contributed by atoms with E-state index in [0.29, 0.717) is 39.4 Å². The van der Waals surface area contributed by atoms with E-state index >= 15 is 0 Å². The molecule has 1 fully saturated rings. The van der Waals surface area contributed by atoms with Gasteiger partial charge in [-0.2, -0.15) is 0 Å². The number of methoxy groups -OCH3 is 1. The number of para-hydroxylation sites is 1. The molecule has 4 rings (SSSR count). The molecule has 0 bridgehead atoms. The molecule has 1 N–H and O–H groups in total. The number of thioether (sulfide) groups is 1. The molecule has 2 heterocycles. The second-order valence-corrected chi connectivity index (χ2v) is 9.07. The molecule has 164 valence electrons. The molecule has 0 spiro atoms. The highest BCUT2D eigenvalue weighted by Gasteiger charge is 2.42. The van der Waals surface area contributed by atoms with Crippen molar-refractivity contribution in [3.63, 3.8) is 0 Å². The molecule has 0 atom stereocenters. The highest BCUT2D eigenvalue weighted by Crippen LogP contribution is 2.44. The van der Waals surface area contributed by atoms with Gasteiger partial charge < -0.3 is 10.1 Å². The van der Waals surface area contributed by atoms with Crippen LogP contribution in [0.2, 0.25) is 5.02 Å². The van der Waals surface area contributed by atoms with Crippen LogP contribution in [-0.2, 0) is 19.1 Å². The first-order valence-corrected chi connectivity index (χ1v) is 11.2. The number of benzene rings is 2. The van der Waals surface area contributed by atoms with Crippen molar-refractivity contribution in [2.24, 2.45) is 0 Å². The van der Waals surface area contributed by atoms with Gasteiger partial charge in [-0.25, -0.2) is 0 Å². The third-order valence-electron chi connectivity index (χ3n) is 4.93. The van der Waals surface area contributed by atoms with E-state index in [1.807, 2.05) is 0 Å². The van der Waals surface area contributed by atoms with E-state index < -0.39 is 5.91 Å². The number of halogens is 1. The number of carbonyl (C=O) groups excluding carboxylic acids is 3. The molecule has 2 aromatic rings. The van der Waals surface area contributed by atoms with Gasteiger partial charge in [-0.05, 0) is 24.3 Å². The van der Waals surface area contributed by atoms with E-state index in [-0.39, 0.29) is 28.8 Å². The molecule has 3 amide bonds. The Bertz CT molecular complexity index is 1170. The molecule has 1 saturated heterocycles. The summed E-state index contributed by atoms with van der Waals surface area (Å²) in [5.41, 5.74) is 1.95. The van der Waals surface area contributed by atoms with Gasteiger partial charge in [0.1, 0.15) is 10.9 Å². The van der Waals surface area contributed by atoms with E-state index in [1.165, 1.54) is 9.80 Å². The largest absolute Gasteiger partial charge is 0.383 e. The van der Waals surface area contributed by atoms with Crippen molar-refractivity contribution >= 4 is 74.6 Å². The fourth-order valence-electron chi connectivity index (χ4n) is 3.49. The van der Waals surface area contributed by atoms with Gasteiger partial charge in [-0.1, -0.05) is 59.8 Å². The molecule has 0 aliphatic carbocycles. The quantitative estimate of drug-likeness (QED) is 0.496. The van der Waals surface area contributed by atoms with Crippen molar-refractivity contribution < 1.29 is 19.1 Å². The summed E-state index contributed by atoms with van der Waals surface area (Å²) in [7, 11) is 1.54. The van der Waals surface area contributed by atoms with E-state index in [4.69, 9.17) is 28.6 Å². The first-order valence-electron chi connectivity index (χ1n) is 9.64. The molecule has 2 aliphatic heterocycles. The third-order valence-corrected chi connectivity index (χ3v) is 6.61. The van der Waals surface area contributed by atoms with Crippen LogP contribution in [0.4, 0.5) is 11.4 Å². The van der Waals surface area contributed by atoms with Gasteiger partial charge in [0, 0.05) is 23.4 Å². The number of thiocarbonyl (C=S) groups is 1. The first-order chi connectivity index (χ1) is 15.4. The summed E-state index contributed by atoms with van der Waals surface area (Å²) in [5, 5.41) is 3.23. The molecule has 7 nitrogen and oxygen atoms in total. The summed E-state index contributed by atoms with van der Waals surface area (Å²) in [4.78, 5) is 42.1. The van der Waals surface area contributed by atoms with Crippen molar-refractivity contribution in [3.05, 3.63) is 64.0 Å². The summed E-state index contributed by atoms with van der Waals surface area (Å²) in [6.07, 6.45) is 0. The lowest BCUT2D eigenvalue weighted by atomic mass is 10.1. The van der Waals surface area contributed by atoms with Gasteiger partial charge in [-0.3, -0.25) is 24.2 Å². The number of ether oxygens (including phenoxy) is 1. The summed E-state index contributed by atoms with van der Waals surface area (Å²) >= 11 is 12.4. The number of hydrogen-bond donors (Lipinski definition) is 1. The van der Waals surface area contributed by atoms with Crippen LogP contribution in [-0.4, -0.2) is 53.7 Å². The van der Waals surface area contributed by atoms with Crippen LogP contribution < -0.4 is 10.2 Å². The van der Waals surface area contributed by atoms with Gasteiger partial charge >= 0.3 is 0 Å². The molecule has 2 aromatic carbocycles. The number of nitrogens with zero attached hydrogens (tertiary/aromatic N) is 2. The second kappa shape index (κ2) is 9.41. The summed E-state index contributed by atoms with van der Waals surface area (Å²) < 4.78 is 5.42. The summed E-state index contributed by atoms with van der Waals surface area (Å²) in [6, 6.07) is 13.8. The molecular formula is C22H18ClN3O4S2. The van der Waals surface area contributed by atoms with Crippen LogP contribution in [0.3, 0.4) is 0 Å². The van der Waals surface area contributed by atoms with Gasteiger partial charge in [-0.15, -0.1) is 0 Å². The van der Waals surface area contributed by atoms with Crippen LogP contribution in [0, 0.1) is 0 Å². The number of amides is 3. The molecule has 0 saturated carbocycles. The lowest BCUT2D eigenvalue weighted by molar-refractivity contribution is -0.122. The smallest absolute Gasteiger partial charge is 0.267 e. The maximum absolute atomic E-state index is 13.4. The molecule has 2 aliphatic rings. The zero-order valence-electron chi connectivity index (χ0n) is 17.0. The standard InChI is InChI=1S/C22H18ClN3O4S2/c1-30-10-9-25-21(29)19(32-22(25)31)18-15-7-2-3-8-16(15)26(20(18)28)12-17(27)24-14-6-4-5-13(23)11-14/h2-8,11H,9-10,12H2,1H3,(H,24,27)/b19-18-. The molecule has 0 aromatic heterocycles. The second-order valence-electron chi connectivity index (χ2n) is 6.99. The van der Waals surface area contributed by atoms with Gasteiger partial charge in [0.25, 0.3) is 11.8 Å². The predicted octanol–water partition coefficient (Wildman–Crippen LogP) is 3.54. The van der Waals surface area contributed by atoms with Gasteiger partial charge in [0.2, 0.25) is 5.91 Å². The monoisotopic (exact) mass is 487 g/mol. The average molecular weight is 488 g/mol. The Morgan fingerprint density at radius 2 is 1.91 bits per heavy atom. The lowest BCUT2D eigenvalue weighted by Gasteiger charge is -2.17. The van der Waals surface area contributed by atoms with Crippen LogP contribution in [0.1, 0.15) is 5.56 Å². The molecule has 10 heteroatoms. The Kier molecular flexibility index (Phi) is 6.61. The fraction of sp³-hybridized carbons (Fsp3) is 0.182. The highest BCUT2D eigenvalue weighted by atomic mass is 35.5. The number of fused-ring (bicyclic) bond motifs is 1. The molecule has 0 radical (unpaired) electrons. The Morgan fingerprint density at radius 1 is 1.12 bits per heavy atom. The minimum absolute atomic E-state index is 0.212. The number of hydrogen-bond acceptors (Lipinski definition) is 6. The normalized spacial score (nSPS) is 17.9. The van der Waals surface area contributed by atoms with Gasteiger partial charge in [0.15, 0.2) is 0 Å². The van der Waals surface area contributed by atoms with Crippen LogP contribution >= 0.6 is 35.6 Å². The Morgan fingerprint density at radius 3 is 2.66 bits per heavy atom. The van der Waals surface area contributed by atoms with E-state index in [9.17, 15) is 14.4 Å². The van der Waals surface area contributed by atoms with Crippen molar-refractivity contribution in [2.45, 2.75) is 0 Å². The van der Waals surface area contributed by atoms with Crippen molar-refractivity contribution in [3.8, 4) is 0 Å². The SMILES string of the molecule is COCCN1C(=O)/C(=C2/C(=O)N(CC(=O)Nc3cccc(Cl)c3)c3ccccc32)SC1=S. The number of nitrogens with one attached hydrogen (secondary N) is 1. The van der Waals surface area contributed by atoms with E-state index in [1.54, 1.807) is 55.6 Å². The Hall–Kier alpha value is -2.72. The number of rotatable bonds is 6. The topological polar surface area (TPSA) is 79.0 Å². The molecule has 32 heavy (non-hydrogen) atoms. The Balaban J connectivity index is 1.63. The maximum atomic E-state index is 13.4.